The molecule has 1 aromatic carbocycles. The van der Waals surface area contributed by atoms with Crippen molar-refractivity contribution in [2.75, 3.05) is 26.2 Å². The van der Waals surface area contributed by atoms with E-state index in [-0.39, 0.29) is 12.4 Å². The lowest BCUT2D eigenvalue weighted by atomic mass is 10.1. The number of rotatable bonds is 7. The van der Waals surface area contributed by atoms with Crippen LogP contribution in [0.2, 0.25) is 0 Å². The van der Waals surface area contributed by atoms with E-state index in [1.807, 2.05) is 19.1 Å². The van der Waals surface area contributed by atoms with Crippen molar-refractivity contribution in [3.05, 3.63) is 59.0 Å². The van der Waals surface area contributed by atoms with E-state index in [0.29, 0.717) is 29.4 Å². The minimum atomic E-state index is -0.310. The van der Waals surface area contributed by atoms with Crippen LogP contribution in [0.15, 0.2) is 41.4 Å². The number of pyridine rings is 1. The van der Waals surface area contributed by atoms with E-state index in [1.165, 1.54) is 31.4 Å². The van der Waals surface area contributed by atoms with E-state index >= 15 is 0 Å². The maximum absolute atomic E-state index is 13.4. The van der Waals surface area contributed by atoms with Crippen molar-refractivity contribution in [3.8, 4) is 5.88 Å². The first-order valence-corrected chi connectivity index (χ1v) is 9.68. The van der Waals surface area contributed by atoms with Gasteiger partial charge in [0.1, 0.15) is 12.4 Å². The number of amidine groups is 1. The molecule has 3 rings (SSSR count). The lowest BCUT2D eigenvalue weighted by Gasteiger charge is -2.25. The van der Waals surface area contributed by atoms with Crippen molar-refractivity contribution in [2.24, 2.45) is 4.99 Å². The minimum Gasteiger partial charge on any atom is -0.472 e. The number of nitrogens with one attached hydrogen (secondary N) is 1. The zero-order chi connectivity index (χ0) is 19.8. The van der Waals surface area contributed by atoms with E-state index in [0.717, 1.165) is 25.3 Å². The maximum atomic E-state index is 13.4. The first-order valence-electron chi connectivity index (χ1n) is 9.68. The Morgan fingerprint density at radius 3 is 2.82 bits per heavy atom. The molecule has 2 N–H and O–H groups in total. The highest BCUT2D eigenvalue weighted by Gasteiger charge is 2.14. The molecule has 0 atom stereocenters. The van der Waals surface area contributed by atoms with Crippen molar-refractivity contribution in [3.63, 3.8) is 0 Å². The Hall–Kier alpha value is -2.51. The van der Waals surface area contributed by atoms with Gasteiger partial charge < -0.3 is 9.64 Å². The normalized spacial score (nSPS) is 15.5. The second-order valence-electron chi connectivity index (χ2n) is 6.97. The summed E-state index contributed by atoms with van der Waals surface area (Å²) in [5, 5.41) is 9.60. The van der Waals surface area contributed by atoms with Gasteiger partial charge in [-0.2, -0.15) is 0 Å². The van der Waals surface area contributed by atoms with Crippen molar-refractivity contribution in [2.45, 2.75) is 32.8 Å². The molecule has 0 amide bonds. The first-order chi connectivity index (χ1) is 13.7. The predicted octanol–water partition coefficient (Wildman–Crippen LogP) is 3.32. The fourth-order valence-corrected chi connectivity index (χ4v) is 3.27. The van der Waals surface area contributed by atoms with E-state index in [2.05, 4.69) is 20.4 Å². The van der Waals surface area contributed by atoms with Gasteiger partial charge in [0.25, 0.3) is 0 Å². The summed E-state index contributed by atoms with van der Waals surface area (Å²) in [5.74, 6) is 0.358. The average Bonchev–Trinajstić information content (AvgIpc) is 2.71. The van der Waals surface area contributed by atoms with Gasteiger partial charge in [-0.05, 0) is 62.7 Å². The second kappa shape index (κ2) is 10.1. The Morgan fingerprint density at radius 1 is 1.25 bits per heavy atom. The van der Waals surface area contributed by atoms with Gasteiger partial charge >= 0.3 is 0 Å². The SMILES string of the molecule is Cc1ccc(C(=NCCN2CCCCC2)NO)c(OCc2cccc(F)c2)n1. The number of halogens is 1. The molecule has 1 aliphatic heterocycles. The first kappa shape index (κ1) is 20.2. The third-order valence-electron chi connectivity index (χ3n) is 4.76. The van der Waals surface area contributed by atoms with Gasteiger partial charge in [-0.3, -0.25) is 15.7 Å². The Balaban J connectivity index is 1.70. The Labute approximate surface area is 165 Å². The van der Waals surface area contributed by atoms with Gasteiger partial charge in [0.15, 0.2) is 5.84 Å². The molecule has 1 saturated heterocycles. The van der Waals surface area contributed by atoms with Crippen molar-refractivity contribution < 1.29 is 14.3 Å². The van der Waals surface area contributed by atoms with Crippen LogP contribution in [0.1, 0.15) is 36.1 Å². The standard InChI is InChI=1S/C21H27FN4O2/c1-16-8-9-19(20(25-27)23-10-13-26-11-3-2-4-12-26)21(24-16)28-15-17-6-5-7-18(22)14-17/h5-9,14,27H,2-4,10-13,15H2,1H3,(H,23,25). The molecular formula is C21H27FN4O2. The van der Waals surface area contributed by atoms with E-state index < -0.39 is 0 Å². The lowest BCUT2D eigenvalue weighted by Crippen LogP contribution is -2.32. The number of hydroxylamine groups is 1. The monoisotopic (exact) mass is 386 g/mol. The Kier molecular flexibility index (Phi) is 7.33. The van der Waals surface area contributed by atoms with Crippen LogP contribution in [0.4, 0.5) is 4.39 Å². The number of hydrogen-bond acceptors (Lipinski definition) is 5. The summed E-state index contributed by atoms with van der Waals surface area (Å²) in [6.07, 6.45) is 3.76. The molecule has 150 valence electrons. The van der Waals surface area contributed by atoms with Crippen LogP contribution in [0, 0.1) is 12.7 Å². The molecule has 0 unspecified atom stereocenters. The van der Waals surface area contributed by atoms with E-state index in [4.69, 9.17) is 4.74 Å². The quantitative estimate of drug-likeness (QED) is 0.434. The van der Waals surface area contributed by atoms with E-state index in [9.17, 15) is 9.60 Å². The third-order valence-corrected chi connectivity index (χ3v) is 4.76. The second-order valence-corrected chi connectivity index (χ2v) is 6.97. The molecule has 1 fully saturated rings. The summed E-state index contributed by atoms with van der Waals surface area (Å²) in [7, 11) is 0. The van der Waals surface area contributed by atoms with Crippen LogP contribution in [-0.4, -0.2) is 47.1 Å². The number of aryl methyl sites for hydroxylation is 1. The van der Waals surface area contributed by atoms with Crippen LogP contribution >= 0.6 is 0 Å². The largest absolute Gasteiger partial charge is 0.472 e. The topological polar surface area (TPSA) is 70.0 Å². The molecule has 0 aliphatic carbocycles. The molecule has 0 spiro atoms. The minimum absolute atomic E-state index is 0.174. The highest BCUT2D eigenvalue weighted by Crippen LogP contribution is 2.19. The molecule has 0 radical (unpaired) electrons. The molecule has 6 nitrogen and oxygen atoms in total. The van der Waals surface area contributed by atoms with Gasteiger partial charge in [-0.25, -0.2) is 9.37 Å². The van der Waals surface area contributed by atoms with E-state index in [1.54, 1.807) is 12.1 Å². The van der Waals surface area contributed by atoms with Crippen molar-refractivity contribution >= 4 is 5.84 Å². The molecule has 1 aliphatic rings. The zero-order valence-corrected chi connectivity index (χ0v) is 16.2. The molecule has 0 saturated carbocycles. The van der Waals surface area contributed by atoms with Gasteiger partial charge in [-0.1, -0.05) is 18.6 Å². The summed E-state index contributed by atoms with van der Waals surface area (Å²) >= 11 is 0. The summed E-state index contributed by atoms with van der Waals surface area (Å²) in [5.41, 5.74) is 4.23. The van der Waals surface area contributed by atoms with Gasteiger partial charge in [0.05, 0.1) is 12.1 Å². The van der Waals surface area contributed by atoms with Gasteiger partial charge in [-0.15, -0.1) is 0 Å². The number of nitrogens with zero attached hydrogens (tertiary/aromatic N) is 3. The molecule has 1 aromatic heterocycles. The number of aromatic nitrogens is 1. The summed E-state index contributed by atoms with van der Waals surface area (Å²) in [6, 6.07) is 9.89. The predicted molar refractivity (Wildman–Crippen MR) is 106 cm³/mol. The number of aliphatic imine (C=N–C) groups is 1. The summed E-state index contributed by atoms with van der Waals surface area (Å²) < 4.78 is 19.2. The molecule has 7 heteroatoms. The average molecular weight is 386 g/mol. The summed E-state index contributed by atoms with van der Waals surface area (Å²) in [6.45, 7) is 5.66. The van der Waals surface area contributed by atoms with Crippen molar-refractivity contribution in [1.29, 1.82) is 0 Å². The number of hydrogen-bond donors (Lipinski definition) is 2. The smallest absolute Gasteiger partial charge is 0.225 e. The van der Waals surface area contributed by atoms with Crippen molar-refractivity contribution in [1.82, 2.24) is 15.4 Å². The maximum Gasteiger partial charge on any atom is 0.225 e. The highest BCUT2D eigenvalue weighted by atomic mass is 19.1. The lowest BCUT2D eigenvalue weighted by molar-refractivity contribution is 0.228. The van der Waals surface area contributed by atoms with Gasteiger partial charge in [0.2, 0.25) is 5.88 Å². The Bertz CT molecular complexity index is 807. The Morgan fingerprint density at radius 2 is 2.07 bits per heavy atom. The summed E-state index contributed by atoms with van der Waals surface area (Å²) in [4.78, 5) is 11.3. The fraction of sp³-hybridized carbons (Fsp3) is 0.429. The number of ether oxygens (including phenoxy) is 1. The molecular weight excluding hydrogens is 359 g/mol. The number of benzene rings is 1. The molecule has 2 aromatic rings. The zero-order valence-electron chi connectivity index (χ0n) is 16.2. The molecule has 28 heavy (non-hydrogen) atoms. The fourth-order valence-electron chi connectivity index (χ4n) is 3.27. The van der Waals surface area contributed by atoms with Crippen LogP contribution < -0.4 is 10.2 Å². The van der Waals surface area contributed by atoms with Crippen LogP contribution in [0.3, 0.4) is 0 Å². The highest BCUT2D eigenvalue weighted by molar-refractivity contribution is 6.00. The molecule has 0 bridgehead atoms. The van der Waals surface area contributed by atoms with Crippen LogP contribution in [-0.2, 0) is 6.61 Å². The molecule has 2 heterocycles. The van der Waals surface area contributed by atoms with Gasteiger partial charge in [0, 0.05) is 12.2 Å². The van der Waals surface area contributed by atoms with Crippen LogP contribution in [0.5, 0.6) is 5.88 Å². The third kappa shape index (κ3) is 5.74. The number of piperidine rings is 1. The van der Waals surface area contributed by atoms with Crippen LogP contribution in [0.25, 0.3) is 0 Å². The number of likely N-dealkylation sites (tertiary alicyclic amines) is 1.